The van der Waals surface area contributed by atoms with Crippen molar-refractivity contribution in [2.24, 2.45) is 5.73 Å². The molecule has 2 atom stereocenters. The van der Waals surface area contributed by atoms with Gasteiger partial charge in [-0.15, -0.1) is 11.3 Å². The van der Waals surface area contributed by atoms with Crippen molar-refractivity contribution >= 4 is 23.3 Å². The first-order valence-electron chi connectivity index (χ1n) is 6.70. The van der Waals surface area contributed by atoms with E-state index in [9.17, 15) is 14.8 Å². The Morgan fingerprint density at radius 1 is 1.50 bits per heavy atom. The van der Waals surface area contributed by atoms with Crippen LogP contribution < -0.4 is 5.73 Å². The van der Waals surface area contributed by atoms with Gasteiger partial charge in [0.05, 0.1) is 6.54 Å². The maximum absolute atomic E-state index is 12.0. The van der Waals surface area contributed by atoms with Crippen LogP contribution >= 0.6 is 11.3 Å². The van der Waals surface area contributed by atoms with Crippen LogP contribution in [0.25, 0.3) is 10.4 Å². The van der Waals surface area contributed by atoms with Gasteiger partial charge in [0.2, 0.25) is 5.91 Å². The second kappa shape index (κ2) is 4.52. The van der Waals surface area contributed by atoms with Crippen LogP contribution in [0.1, 0.15) is 22.5 Å². The van der Waals surface area contributed by atoms with Gasteiger partial charge in [0.15, 0.2) is 0 Å². The summed E-state index contributed by atoms with van der Waals surface area (Å²) in [5.41, 5.74) is 7.18. The van der Waals surface area contributed by atoms with E-state index in [4.69, 9.17) is 5.73 Å². The van der Waals surface area contributed by atoms with Gasteiger partial charge < -0.3 is 10.6 Å². The summed E-state index contributed by atoms with van der Waals surface area (Å²) in [4.78, 5) is 30.9. The molecule has 2 bridgehead atoms. The summed E-state index contributed by atoms with van der Waals surface area (Å²) >= 11 is 1.40. The van der Waals surface area contributed by atoms with Gasteiger partial charge in [-0.1, -0.05) is 6.07 Å². The number of thiophene rings is 1. The van der Waals surface area contributed by atoms with Crippen molar-refractivity contribution in [1.82, 2.24) is 14.9 Å². The first-order valence-corrected chi connectivity index (χ1v) is 7.51. The molecule has 2 aromatic heterocycles. The Labute approximate surface area is 129 Å². The van der Waals surface area contributed by atoms with Crippen LogP contribution in [0.15, 0.2) is 30.6 Å². The van der Waals surface area contributed by atoms with Gasteiger partial charge in [-0.2, -0.15) is 5.06 Å². The highest BCUT2D eigenvalue weighted by atomic mass is 32.1. The summed E-state index contributed by atoms with van der Waals surface area (Å²) in [5.74, 6) is -0.595. The number of urea groups is 1. The van der Waals surface area contributed by atoms with Crippen molar-refractivity contribution in [3.05, 3.63) is 41.0 Å². The van der Waals surface area contributed by atoms with E-state index in [0.29, 0.717) is 9.94 Å². The molecule has 1 fully saturated rings. The number of hydrogen-bond acceptors (Lipinski definition) is 5. The third kappa shape index (κ3) is 1.68. The number of rotatable bonds is 2. The minimum absolute atomic E-state index is 0.263. The van der Waals surface area contributed by atoms with Gasteiger partial charge in [0, 0.05) is 27.7 Å². The lowest BCUT2D eigenvalue weighted by atomic mass is 9.98. The lowest BCUT2D eigenvalue weighted by Crippen LogP contribution is -2.40. The number of nitrogens with two attached hydrogens (primary N) is 1. The van der Waals surface area contributed by atoms with Crippen molar-refractivity contribution in [1.29, 1.82) is 0 Å². The number of carbonyl (C=O) groups excluding carboxylic acids is 2. The summed E-state index contributed by atoms with van der Waals surface area (Å²) in [6.45, 7) is 0.263. The molecule has 22 heavy (non-hydrogen) atoms. The number of nitrogens with zero attached hydrogens (tertiary/aromatic N) is 3. The van der Waals surface area contributed by atoms with E-state index in [2.05, 4.69) is 4.98 Å². The van der Waals surface area contributed by atoms with Crippen LogP contribution in [0.4, 0.5) is 4.79 Å². The monoisotopic (exact) mass is 316 g/mol. The van der Waals surface area contributed by atoms with Crippen molar-refractivity contribution in [3.8, 4) is 10.4 Å². The molecule has 0 aromatic carbocycles. The number of carbonyl (C=O) groups is 2. The zero-order chi connectivity index (χ0) is 15.4. The van der Waals surface area contributed by atoms with Crippen molar-refractivity contribution in [3.63, 3.8) is 0 Å². The fourth-order valence-corrected chi connectivity index (χ4v) is 4.35. The lowest BCUT2D eigenvalue weighted by Gasteiger charge is -2.27. The molecule has 0 spiro atoms. The number of hydrogen-bond donors (Lipinski definition) is 2. The van der Waals surface area contributed by atoms with Gasteiger partial charge in [0.25, 0.3) is 0 Å². The quantitative estimate of drug-likeness (QED) is 0.820. The van der Waals surface area contributed by atoms with Gasteiger partial charge in [-0.3, -0.25) is 15.0 Å². The van der Waals surface area contributed by atoms with Crippen molar-refractivity contribution in [2.45, 2.75) is 12.1 Å². The molecule has 8 heteroatoms. The van der Waals surface area contributed by atoms with Crippen LogP contribution in [0.5, 0.6) is 0 Å². The number of amides is 3. The fraction of sp³-hybridized carbons (Fsp3) is 0.214. The summed E-state index contributed by atoms with van der Waals surface area (Å²) in [6.07, 6.45) is 3.42. The molecule has 1 unspecified atom stereocenters. The van der Waals surface area contributed by atoms with E-state index in [0.717, 1.165) is 16.0 Å². The number of primary amides is 1. The van der Waals surface area contributed by atoms with E-state index in [-0.39, 0.29) is 6.54 Å². The Balaban J connectivity index is 1.87. The predicted octanol–water partition coefficient (Wildman–Crippen LogP) is 1.52. The molecule has 0 radical (unpaired) electrons. The Morgan fingerprint density at radius 2 is 2.32 bits per heavy atom. The highest BCUT2D eigenvalue weighted by Gasteiger charge is 2.50. The van der Waals surface area contributed by atoms with Gasteiger partial charge >= 0.3 is 6.03 Å². The van der Waals surface area contributed by atoms with E-state index in [1.807, 2.05) is 18.2 Å². The molecule has 112 valence electrons. The van der Waals surface area contributed by atoms with E-state index in [1.165, 1.54) is 16.2 Å². The average molecular weight is 316 g/mol. The van der Waals surface area contributed by atoms with Crippen LogP contribution in [0.2, 0.25) is 0 Å². The summed E-state index contributed by atoms with van der Waals surface area (Å²) in [7, 11) is 0. The largest absolute Gasteiger partial charge is 0.368 e. The van der Waals surface area contributed by atoms with Gasteiger partial charge in [0.1, 0.15) is 12.1 Å². The third-order valence-corrected chi connectivity index (χ3v) is 5.28. The smallest absolute Gasteiger partial charge is 0.345 e. The van der Waals surface area contributed by atoms with Gasteiger partial charge in [-0.05, 0) is 17.7 Å². The Bertz CT molecular complexity index is 776. The number of aromatic nitrogens is 1. The second-order valence-corrected chi connectivity index (χ2v) is 6.36. The maximum atomic E-state index is 12.0. The average Bonchev–Trinajstić information content (AvgIpc) is 3.06. The van der Waals surface area contributed by atoms with Gasteiger partial charge in [-0.25, -0.2) is 4.79 Å². The molecule has 2 aliphatic rings. The molecule has 4 rings (SSSR count). The van der Waals surface area contributed by atoms with Crippen LogP contribution in [0.3, 0.4) is 0 Å². The van der Waals surface area contributed by atoms with Crippen molar-refractivity contribution in [2.75, 3.05) is 6.54 Å². The summed E-state index contributed by atoms with van der Waals surface area (Å²) < 4.78 is 0. The predicted molar refractivity (Wildman–Crippen MR) is 78.0 cm³/mol. The molecule has 2 aromatic rings. The molecule has 3 N–H and O–H groups in total. The molecule has 7 nitrogen and oxygen atoms in total. The lowest BCUT2D eigenvalue weighted by molar-refractivity contribution is -0.122. The number of pyridine rings is 1. The number of hydroxylamine groups is 2. The minimum Gasteiger partial charge on any atom is -0.368 e. The zero-order valence-corrected chi connectivity index (χ0v) is 12.2. The van der Waals surface area contributed by atoms with Crippen LogP contribution in [-0.4, -0.2) is 38.6 Å². The molecule has 0 aliphatic carbocycles. The Kier molecular flexibility index (Phi) is 2.72. The van der Waals surface area contributed by atoms with Crippen LogP contribution in [0, 0.1) is 0 Å². The highest BCUT2D eigenvalue weighted by molar-refractivity contribution is 7.15. The van der Waals surface area contributed by atoms with E-state index < -0.39 is 24.0 Å². The topological polar surface area (TPSA) is 99.8 Å². The second-order valence-electron chi connectivity index (χ2n) is 5.27. The molecule has 0 saturated carbocycles. The highest BCUT2D eigenvalue weighted by Crippen LogP contribution is 2.48. The summed E-state index contributed by atoms with van der Waals surface area (Å²) in [5, 5.41) is 10.7. The van der Waals surface area contributed by atoms with E-state index in [1.54, 1.807) is 12.4 Å². The maximum Gasteiger partial charge on any atom is 0.345 e. The normalized spacial score (nSPS) is 22.9. The Morgan fingerprint density at radius 3 is 3.00 bits per heavy atom. The molecular formula is C14H12N4O3S. The molecular weight excluding hydrogens is 304 g/mol. The SMILES string of the molecule is NC(=O)C1c2sc(-c3cccnc3)cc2[C@H]2CN1C(=O)N2O. The third-order valence-electron chi connectivity index (χ3n) is 4.03. The molecule has 3 amide bonds. The van der Waals surface area contributed by atoms with E-state index >= 15 is 0 Å². The van der Waals surface area contributed by atoms with Crippen LogP contribution in [-0.2, 0) is 4.79 Å². The zero-order valence-electron chi connectivity index (χ0n) is 11.3. The first-order chi connectivity index (χ1) is 10.6. The molecule has 1 saturated heterocycles. The standard InChI is InChI=1S/C14H12N4O3S/c15-13(19)11-12-8(9-6-17(11)14(20)18(9)21)4-10(22-12)7-2-1-3-16-5-7/h1-5,9,11,21H,6H2,(H2,15,19)/t9-,11?/m1/s1. The van der Waals surface area contributed by atoms with Crippen molar-refractivity contribution < 1.29 is 14.8 Å². The summed E-state index contributed by atoms with van der Waals surface area (Å²) in [6, 6.07) is 3.78. The minimum atomic E-state index is -0.827. The number of fused-ring (bicyclic) bond motifs is 4. The fourth-order valence-electron chi connectivity index (χ4n) is 3.02. The Hall–Kier alpha value is -2.45. The molecule has 2 aliphatic heterocycles. The first kappa shape index (κ1) is 13.2. The molecule has 4 heterocycles.